The summed E-state index contributed by atoms with van der Waals surface area (Å²) in [4.78, 5) is 0. The van der Waals surface area contributed by atoms with Gasteiger partial charge in [-0.1, -0.05) is 0 Å². The van der Waals surface area contributed by atoms with Crippen LogP contribution in [0.15, 0.2) is 6.07 Å². The summed E-state index contributed by atoms with van der Waals surface area (Å²) in [5.41, 5.74) is 5.51. The normalized spacial score (nSPS) is 21.3. The Hall–Kier alpha value is -0.810. The molecule has 0 spiro atoms. The first kappa shape index (κ1) is 9.73. The van der Waals surface area contributed by atoms with Crippen LogP contribution < -0.4 is 11.1 Å². The summed E-state index contributed by atoms with van der Waals surface area (Å²) in [7, 11) is 0. The number of nitrogens with two attached hydrogens (primary N) is 1. The van der Waals surface area contributed by atoms with E-state index in [0.29, 0.717) is 5.82 Å². The second kappa shape index (κ2) is 4.61. The van der Waals surface area contributed by atoms with Gasteiger partial charge in [0.25, 0.3) is 0 Å². The van der Waals surface area contributed by atoms with Gasteiger partial charge in [-0.2, -0.15) is 4.37 Å². The van der Waals surface area contributed by atoms with Crippen LogP contribution in [0, 0.1) is 5.92 Å². The van der Waals surface area contributed by atoms with E-state index in [9.17, 15) is 0 Å². The average Bonchev–Trinajstić information content (AvgIpc) is 2.77. The van der Waals surface area contributed by atoms with Crippen LogP contribution in [-0.2, 0) is 4.74 Å². The zero-order chi connectivity index (χ0) is 9.80. The number of hydrogen-bond acceptors (Lipinski definition) is 5. The smallest absolute Gasteiger partial charge is 0.139 e. The minimum Gasteiger partial charge on any atom is -0.383 e. The lowest BCUT2D eigenvalue weighted by Gasteiger charge is -2.07. The third-order valence-electron chi connectivity index (χ3n) is 2.40. The van der Waals surface area contributed by atoms with Crippen molar-refractivity contribution in [3.05, 3.63) is 6.07 Å². The van der Waals surface area contributed by atoms with E-state index in [1.165, 1.54) is 18.0 Å². The van der Waals surface area contributed by atoms with E-state index in [1.807, 2.05) is 6.07 Å². The lowest BCUT2D eigenvalue weighted by atomic mass is 10.1. The molecule has 1 unspecified atom stereocenters. The van der Waals surface area contributed by atoms with Crippen molar-refractivity contribution in [2.75, 3.05) is 30.8 Å². The van der Waals surface area contributed by atoms with Gasteiger partial charge in [0.2, 0.25) is 0 Å². The topological polar surface area (TPSA) is 60.2 Å². The fraction of sp³-hybridized carbons (Fsp3) is 0.667. The molecule has 4 nitrogen and oxygen atoms in total. The molecule has 3 N–H and O–H groups in total. The number of ether oxygens (including phenoxy) is 1. The van der Waals surface area contributed by atoms with Crippen molar-refractivity contribution >= 4 is 22.4 Å². The van der Waals surface area contributed by atoms with E-state index in [0.717, 1.165) is 37.1 Å². The maximum atomic E-state index is 5.51. The van der Waals surface area contributed by atoms with Crippen LogP contribution in [0.4, 0.5) is 10.8 Å². The van der Waals surface area contributed by atoms with Crippen molar-refractivity contribution in [3.8, 4) is 0 Å². The molecular weight excluding hydrogens is 198 g/mol. The maximum Gasteiger partial charge on any atom is 0.139 e. The third-order valence-corrected chi connectivity index (χ3v) is 3.17. The highest BCUT2D eigenvalue weighted by atomic mass is 32.1. The summed E-state index contributed by atoms with van der Waals surface area (Å²) in [6, 6.07) is 1.87. The van der Waals surface area contributed by atoms with Gasteiger partial charge in [-0.05, 0) is 30.3 Å². The molecule has 1 aliphatic heterocycles. The Morgan fingerprint density at radius 3 is 3.29 bits per heavy atom. The molecule has 5 heteroatoms. The summed E-state index contributed by atoms with van der Waals surface area (Å²) in [6.45, 7) is 2.83. The van der Waals surface area contributed by atoms with Crippen molar-refractivity contribution in [1.29, 1.82) is 0 Å². The third kappa shape index (κ3) is 2.59. The van der Waals surface area contributed by atoms with E-state index in [2.05, 4.69) is 9.69 Å². The van der Waals surface area contributed by atoms with Gasteiger partial charge in [-0.3, -0.25) is 0 Å². The van der Waals surface area contributed by atoms with Gasteiger partial charge in [-0.25, -0.2) is 0 Å². The first-order chi connectivity index (χ1) is 6.84. The van der Waals surface area contributed by atoms with Crippen molar-refractivity contribution in [2.24, 2.45) is 5.92 Å². The number of anilines is 2. The van der Waals surface area contributed by atoms with E-state index < -0.39 is 0 Å². The van der Waals surface area contributed by atoms with Crippen LogP contribution in [0.1, 0.15) is 12.8 Å². The quantitative estimate of drug-likeness (QED) is 0.797. The molecule has 0 radical (unpaired) electrons. The molecule has 2 rings (SSSR count). The van der Waals surface area contributed by atoms with Gasteiger partial charge in [0.15, 0.2) is 0 Å². The van der Waals surface area contributed by atoms with Crippen molar-refractivity contribution < 1.29 is 4.74 Å². The molecule has 14 heavy (non-hydrogen) atoms. The SMILES string of the molecule is Nc1cc(NCCC2CCOC2)sn1. The molecule has 1 aromatic heterocycles. The highest BCUT2D eigenvalue weighted by Crippen LogP contribution is 2.19. The van der Waals surface area contributed by atoms with Crippen LogP contribution in [0.25, 0.3) is 0 Å². The summed E-state index contributed by atoms with van der Waals surface area (Å²) >= 11 is 1.41. The lowest BCUT2D eigenvalue weighted by molar-refractivity contribution is 0.185. The molecular formula is C9H15N3OS. The average molecular weight is 213 g/mol. The first-order valence-electron chi connectivity index (χ1n) is 4.88. The van der Waals surface area contributed by atoms with Gasteiger partial charge in [0, 0.05) is 25.8 Å². The second-order valence-corrected chi connectivity index (χ2v) is 4.37. The van der Waals surface area contributed by atoms with Crippen LogP contribution in [0.5, 0.6) is 0 Å². The maximum absolute atomic E-state index is 5.51. The van der Waals surface area contributed by atoms with Gasteiger partial charge < -0.3 is 15.8 Å². The Morgan fingerprint density at radius 1 is 1.71 bits per heavy atom. The summed E-state index contributed by atoms with van der Waals surface area (Å²) in [5.74, 6) is 1.33. The molecule has 78 valence electrons. The second-order valence-electron chi connectivity index (χ2n) is 3.56. The fourth-order valence-corrected chi connectivity index (χ4v) is 2.18. The molecule has 0 aliphatic carbocycles. The van der Waals surface area contributed by atoms with Crippen LogP contribution in [0.2, 0.25) is 0 Å². The molecule has 0 saturated carbocycles. The molecule has 2 heterocycles. The fourth-order valence-electron chi connectivity index (χ4n) is 1.58. The number of nitrogens with one attached hydrogen (secondary N) is 1. The van der Waals surface area contributed by atoms with Gasteiger partial charge in [0.05, 0.1) is 0 Å². The molecule has 1 fully saturated rings. The van der Waals surface area contributed by atoms with Crippen molar-refractivity contribution in [3.63, 3.8) is 0 Å². The molecule has 0 bridgehead atoms. The van der Waals surface area contributed by atoms with Crippen molar-refractivity contribution in [2.45, 2.75) is 12.8 Å². The van der Waals surface area contributed by atoms with Gasteiger partial charge in [-0.15, -0.1) is 0 Å². The van der Waals surface area contributed by atoms with Gasteiger partial charge in [0.1, 0.15) is 10.8 Å². The zero-order valence-corrected chi connectivity index (χ0v) is 8.85. The molecule has 0 amide bonds. The molecule has 0 aromatic carbocycles. The Kier molecular flexibility index (Phi) is 3.21. The van der Waals surface area contributed by atoms with Gasteiger partial charge >= 0.3 is 0 Å². The summed E-state index contributed by atoms with van der Waals surface area (Å²) in [5, 5.41) is 4.37. The number of rotatable bonds is 4. The Morgan fingerprint density at radius 2 is 2.64 bits per heavy atom. The minimum atomic E-state index is 0.599. The molecule has 1 aromatic rings. The number of nitrogens with zero attached hydrogens (tertiary/aromatic N) is 1. The van der Waals surface area contributed by atoms with Crippen LogP contribution in [-0.4, -0.2) is 24.1 Å². The van der Waals surface area contributed by atoms with Crippen LogP contribution in [0.3, 0.4) is 0 Å². The van der Waals surface area contributed by atoms with Crippen molar-refractivity contribution in [1.82, 2.24) is 4.37 Å². The highest BCUT2D eigenvalue weighted by Gasteiger charge is 2.14. The molecule has 1 saturated heterocycles. The Balaban J connectivity index is 1.67. The molecule has 1 atom stereocenters. The lowest BCUT2D eigenvalue weighted by Crippen LogP contribution is -2.08. The van der Waals surface area contributed by atoms with Crippen LogP contribution >= 0.6 is 11.5 Å². The largest absolute Gasteiger partial charge is 0.383 e. The minimum absolute atomic E-state index is 0.599. The Labute approximate surface area is 87.6 Å². The number of hydrogen-bond donors (Lipinski definition) is 2. The van der Waals surface area contributed by atoms with E-state index >= 15 is 0 Å². The van der Waals surface area contributed by atoms with E-state index in [1.54, 1.807) is 0 Å². The predicted octanol–water partition coefficient (Wildman–Crippen LogP) is 1.56. The molecule has 1 aliphatic rings. The predicted molar refractivity (Wildman–Crippen MR) is 58.6 cm³/mol. The Bertz CT molecular complexity index is 283. The van der Waals surface area contributed by atoms with E-state index in [4.69, 9.17) is 10.5 Å². The zero-order valence-electron chi connectivity index (χ0n) is 8.03. The summed E-state index contributed by atoms with van der Waals surface area (Å²) < 4.78 is 9.31. The standard InChI is InChI=1S/C9H15N3OS/c10-8-5-9(14-12-8)11-3-1-7-2-4-13-6-7/h5,7,11H,1-4,6H2,(H2,10,12). The van der Waals surface area contributed by atoms with E-state index in [-0.39, 0.29) is 0 Å². The highest BCUT2D eigenvalue weighted by molar-refractivity contribution is 7.10. The number of nitrogen functional groups attached to an aromatic ring is 1. The monoisotopic (exact) mass is 213 g/mol. The number of aromatic nitrogens is 1. The first-order valence-corrected chi connectivity index (χ1v) is 5.66. The summed E-state index contributed by atoms with van der Waals surface area (Å²) in [6.07, 6.45) is 2.37.